The molecule has 5 rings (SSSR count). The first kappa shape index (κ1) is 21.6. The summed E-state index contributed by atoms with van der Waals surface area (Å²) in [6.07, 6.45) is 2.13. The van der Waals surface area contributed by atoms with Gasteiger partial charge in [0.15, 0.2) is 0 Å². The molecule has 7 heteroatoms. The highest BCUT2D eigenvalue weighted by Crippen LogP contribution is 2.36. The molecule has 1 aromatic heterocycles. The number of carbonyl (C=O) groups is 1. The number of allylic oxidation sites excluding steroid dienone is 1. The molecule has 1 aliphatic rings. The minimum absolute atomic E-state index is 0.105. The number of carbonyl (C=O) groups excluding carboxylic acids is 1. The van der Waals surface area contributed by atoms with Crippen LogP contribution in [0.2, 0.25) is 0 Å². The molecule has 1 aliphatic heterocycles. The molecule has 0 bridgehead atoms. The third-order valence-electron chi connectivity index (χ3n) is 5.99. The Morgan fingerprint density at radius 2 is 1.59 bits per heavy atom. The third-order valence-corrected chi connectivity index (χ3v) is 5.99. The predicted molar refractivity (Wildman–Crippen MR) is 132 cm³/mol. The van der Waals surface area contributed by atoms with Crippen LogP contribution in [0, 0.1) is 13.8 Å². The highest BCUT2D eigenvalue weighted by molar-refractivity contribution is 5.89. The molecule has 0 saturated heterocycles. The second kappa shape index (κ2) is 9.31. The Morgan fingerprint density at radius 3 is 2.29 bits per heavy atom. The zero-order valence-corrected chi connectivity index (χ0v) is 19.2. The first-order valence-corrected chi connectivity index (χ1v) is 11.3. The van der Waals surface area contributed by atoms with E-state index < -0.39 is 0 Å². The van der Waals surface area contributed by atoms with E-state index in [0.717, 1.165) is 22.4 Å². The standard InChI is InChI=1S/C27H26N6O/c1-19-8-12-22(13-9-19)24-16-25(23-14-10-20(2)11-15-23)33-27(29-30-31-33)32(24)18-26(34)28-17-21-6-4-3-5-7-21/h3-16,25H,17-18H2,1-2H3,(H,28,34)/t25-/m0/s1. The molecule has 4 aromatic rings. The van der Waals surface area contributed by atoms with Gasteiger partial charge in [0.05, 0.1) is 5.70 Å². The van der Waals surface area contributed by atoms with Crippen molar-refractivity contribution in [2.24, 2.45) is 0 Å². The Labute approximate surface area is 198 Å². The van der Waals surface area contributed by atoms with Crippen LogP contribution in [0.1, 0.15) is 33.9 Å². The van der Waals surface area contributed by atoms with Crippen molar-refractivity contribution in [3.05, 3.63) is 113 Å². The molecule has 170 valence electrons. The highest BCUT2D eigenvalue weighted by atomic mass is 16.2. The molecular weight excluding hydrogens is 424 g/mol. The van der Waals surface area contributed by atoms with Crippen LogP contribution in [-0.4, -0.2) is 32.7 Å². The zero-order valence-electron chi connectivity index (χ0n) is 19.2. The van der Waals surface area contributed by atoms with E-state index in [0.29, 0.717) is 12.5 Å². The second-order valence-electron chi connectivity index (χ2n) is 8.55. The molecule has 34 heavy (non-hydrogen) atoms. The summed E-state index contributed by atoms with van der Waals surface area (Å²) in [6.45, 7) is 4.70. The molecule has 7 nitrogen and oxygen atoms in total. The summed E-state index contributed by atoms with van der Waals surface area (Å²) in [5, 5.41) is 15.5. The molecule has 0 aliphatic carbocycles. The highest BCUT2D eigenvalue weighted by Gasteiger charge is 2.31. The molecule has 0 fully saturated rings. The average molecular weight is 451 g/mol. The average Bonchev–Trinajstić information content (AvgIpc) is 3.35. The predicted octanol–water partition coefficient (Wildman–Crippen LogP) is 4.06. The van der Waals surface area contributed by atoms with Crippen molar-refractivity contribution in [1.29, 1.82) is 0 Å². The van der Waals surface area contributed by atoms with Gasteiger partial charge in [-0.15, -0.1) is 0 Å². The fourth-order valence-corrected chi connectivity index (χ4v) is 4.09. The number of aromatic nitrogens is 4. The summed E-state index contributed by atoms with van der Waals surface area (Å²) in [7, 11) is 0. The van der Waals surface area contributed by atoms with Crippen molar-refractivity contribution in [2.45, 2.75) is 26.4 Å². The molecule has 0 radical (unpaired) electrons. The lowest BCUT2D eigenvalue weighted by molar-refractivity contribution is -0.119. The largest absolute Gasteiger partial charge is 0.350 e. The summed E-state index contributed by atoms with van der Waals surface area (Å²) in [4.78, 5) is 14.9. The van der Waals surface area contributed by atoms with Crippen molar-refractivity contribution in [2.75, 3.05) is 11.4 Å². The van der Waals surface area contributed by atoms with Crippen LogP contribution in [0.5, 0.6) is 0 Å². The first-order valence-electron chi connectivity index (χ1n) is 11.3. The Bertz CT molecular complexity index is 1310. The minimum Gasteiger partial charge on any atom is -0.350 e. The van der Waals surface area contributed by atoms with Gasteiger partial charge < -0.3 is 5.32 Å². The fourth-order valence-electron chi connectivity index (χ4n) is 4.09. The minimum atomic E-state index is -0.175. The topological polar surface area (TPSA) is 75.9 Å². The van der Waals surface area contributed by atoms with Crippen LogP contribution < -0.4 is 10.2 Å². The van der Waals surface area contributed by atoms with Gasteiger partial charge in [-0.3, -0.25) is 9.69 Å². The van der Waals surface area contributed by atoms with Crippen LogP contribution in [0.15, 0.2) is 84.9 Å². The number of hydrogen-bond acceptors (Lipinski definition) is 5. The molecule has 2 heterocycles. The number of benzene rings is 3. The van der Waals surface area contributed by atoms with E-state index >= 15 is 0 Å². The maximum absolute atomic E-state index is 13.0. The Balaban J connectivity index is 1.49. The summed E-state index contributed by atoms with van der Waals surface area (Å²) < 4.78 is 1.77. The first-order chi connectivity index (χ1) is 16.6. The van der Waals surface area contributed by atoms with Crippen molar-refractivity contribution in [3.8, 4) is 0 Å². The van der Waals surface area contributed by atoms with Crippen LogP contribution >= 0.6 is 0 Å². The van der Waals surface area contributed by atoms with Crippen molar-refractivity contribution in [3.63, 3.8) is 0 Å². The van der Waals surface area contributed by atoms with E-state index in [1.165, 1.54) is 11.1 Å². The SMILES string of the molecule is Cc1ccc(C2=C[C@@H](c3ccc(C)cc3)n3nnnc3N2CC(=O)NCc2ccccc2)cc1. The summed E-state index contributed by atoms with van der Waals surface area (Å²) >= 11 is 0. The molecule has 1 atom stereocenters. The van der Waals surface area contributed by atoms with Crippen LogP contribution in [-0.2, 0) is 11.3 Å². The number of rotatable bonds is 6. The van der Waals surface area contributed by atoms with Crippen LogP contribution in [0.25, 0.3) is 5.70 Å². The summed E-state index contributed by atoms with van der Waals surface area (Å²) in [6, 6.07) is 26.3. The van der Waals surface area contributed by atoms with E-state index in [1.807, 2.05) is 35.2 Å². The maximum Gasteiger partial charge on any atom is 0.251 e. The normalized spacial score (nSPS) is 14.9. The van der Waals surface area contributed by atoms with Gasteiger partial charge in [0.25, 0.3) is 5.95 Å². The number of amides is 1. The van der Waals surface area contributed by atoms with Gasteiger partial charge in [0, 0.05) is 6.54 Å². The van der Waals surface area contributed by atoms with E-state index in [-0.39, 0.29) is 18.5 Å². The van der Waals surface area contributed by atoms with E-state index in [2.05, 4.69) is 89.3 Å². The van der Waals surface area contributed by atoms with Crippen LogP contribution in [0.4, 0.5) is 5.95 Å². The summed E-state index contributed by atoms with van der Waals surface area (Å²) in [5.74, 6) is 0.434. The third kappa shape index (κ3) is 4.45. The lowest BCUT2D eigenvalue weighted by atomic mass is 9.99. The molecular formula is C27H26N6O. The van der Waals surface area contributed by atoms with Gasteiger partial charge in [-0.05, 0) is 47.0 Å². The van der Waals surface area contributed by atoms with Crippen LogP contribution in [0.3, 0.4) is 0 Å². The van der Waals surface area contributed by atoms with Crippen molar-refractivity contribution >= 4 is 17.6 Å². The maximum atomic E-state index is 13.0. The molecule has 3 aromatic carbocycles. The number of tetrazole rings is 1. The Morgan fingerprint density at radius 1 is 0.912 bits per heavy atom. The van der Waals surface area contributed by atoms with Gasteiger partial charge in [0.2, 0.25) is 5.91 Å². The zero-order chi connectivity index (χ0) is 23.5. The van der Waals surface area contributed by atoms with Crippen molar-refractivity contribution in [1.82, 2.24) is 25.5 Å². The fraction of sp³-hybridized carbons (Fsp3) is 0.185. The van der Waals surface area contributed by atoms with Gasteiger partial charge in [0.1, 0.15) is 12.6 Å². The summed E-state index contributed by atoms with van der Waals surface area (Å²) in [5.41, 5.74) is 6.41. The Kier molecular flexibility index (Phi) is 5.91. The molecule has 1 N–H and O–H groups in total. The molecule has 0 spiro atoms. The number of anilines is 1. The van der Waals surface area contributed by atoms with E-state index in [1.54, 1.807) is 4.68 Å². The van der Waals surface area contributed by atoms with E-state index in [4.69, 9.17) is 0 Å². The monoisotopic (exact) mass is 450 g/mol. The molecule has 0 saturated carbocycles. The van der Waals surface area contributed by atoms with Gasteiger partial charge in [-0.25, -0.2) is 0 Å². The van der Waals surface area contributed by atoms with Crippen molar-refractivity contribution < 1.29 is 4.79 Å². The van der Waals surface area contributed by atoms with E-state index in [9.17, 15) is 4.79 Å². The lowest BCUT2D eigenvalue weighted by Gasteiger charge is -2.32. The smallest absolute Gasteiger partial charge is 0.251 e. The Hall–Kier alpha value is -4.26. The second-order valence-corrected chi connectivity index (χ2v) is 8.55. The number of nitrogens with one attached hydrogen (secondary N) is 1. The van der Waals surface area contributed by atoms with Gasteiger partial charge >= 0.3 is 0 Å². The quantitative estimate of drug-likeness (QED) is 0.480. The number of fused-ring (bicyclic) bond motifs is 1. The van der Waals surface area contributed by atoms with Gasteiger partial charge in [-0.2, -0.15) is 4.68 Å². The lowest BCUT2D eigenvalue weighted by Crippen LogP contribution is -2.39. The molecule has 1 amide bonds. The molecule has 0 unspecified atom stereocenters. The number of aryl methyl sites for hydroxylation is 2. The number of nitrogens with zero attached hydrogens (tertiary/aromatic N) is 5. The van der Waals surface area contributed by atoms with Gasteiger partial charge in [-0.1, -0.05) is 95.1 Å². The number of hydrogen-bond donors (Lipinski definition) is 1.